The maximum atomic E-state index is 6.15. The summed E-state index contributed by atoms with van der Waals surface area (Å²) in [5.74, 6) is 0. The topological polar surface area (TPSA) is 0 Å². The van der Waals surface area contributed by atoms with E-state index in [1.807, 2.05) is 36.4 Å². The second kappa shape index (κ2) is 9.33. The van der Waals surface area contributed by atoms with Crippen LogP contribution in [0.4, 0.5) is 0 Å². The zero-order valence-electron chi connectivity index (χ0n) is 20.5. The van der Waals surface area contributed by atoms with E-state index in [2.05, 4.69) is 97.1 Å². The lowest BCUT2D eigenvalue weighted by Gasteiger charge is -2.18. The van der Waals surface area contributed by atoms with Crippen LogP contribution in [0.5, 0.6) is 0 Å². The van der Waals surface area contributed by atoms with Gasteiger partial charge in [-0.1, -0.05) is 126 Å². The minimum absolute atomic E-state index is 0.738. The van der Waals surface area contributed by atoms with Crippen LogP contribution in [-0.4, -0.2) is 0 Å². The largest absolute Gasteiger partial charge is 0.0843 e. The summed E-state index contributed by atoms with van der Waals surface area (Å²) in [4.78, 5) is 0. The summed E-state index contributed by atoms with van der Waals surface area (Å²) in [6.07, 6.45) is 8.80. The van der Waals surface area contributed by atoms with Crippen molar-refractivity contribution in [3.8, 4) is 0 Å². The van der Waals surface area contributed by atoms with Crippen molar-refractivity contribution in [2.45, 2.75) is 0 Å². The minimum Gasteiger partial charge on any atom is -0.0843 e. The zero-order valence-corrected chi connectivity index (χ0v) is 22.0. The van der Waals surface area contributed by atoms with E-state index in [0.717, 1.165) is 21.2 Å². The molecule has 0 heterocycles. The highest BCUT2D eigenvalue weighted by Crippen LogP contribution is 2.43. The van der Waals surface area contributed by atoms with Crippen LogP contribution in [-0.2, 0) is 0 Å². The van der Waals surface area contributed by atoms with Crippen LogP contribution < -0.4 is 0 Å². The Labute approximate surface area is 231 Å². The van der Waals surface area contributed by atoms with Gasteiger partial charge in [-0.3, -0.25) is 0 Å². The van der Waals surface area contributed by atoms with Crippen LogP contribution >= 0.6 is 23.2 Å². The minimum atomic E-state index is 0.738. The fraction of sp³-hybridized carbons (Fsp3) is 0. The molecular formula is C36H22Cl2. The lowest BCUT2D eigenvalue weighted by Crippen LogP contribution is -1.92. The van der Waals surface area contributed by atoms with Gasteiger partial charge >= 0.3 is 0 Å². The quantitative estimate of drug-likeness (QED) is 0.122. The molecule has 0 aliphatic carbocycles. The van der Waals surface area contributed by atoms with Crippen LogP contribution in [0.1, 0.15) is 22.3 Å². The van der Waals surface area contributed by atoms with E-state index in [4.69, 9.17) is 23.2 Å². The normalized spacial score (nSPS) is 12.3. The smallest absolute Gasteiger partial charge is 0.0406 e. The summed E-state index contributed by atoms with van der Waals surface area (Å²) in [5.41, 5.74) is 4.59. The number of hydrogen-bond acceptors (Lipinski definition) is 0. The molecule has 0 spiro atoms. The highest BCUT2D eigenvalue weighted by molar-refractivity contribution is 6.35. The maximum Gasteiger partial charge on any atom is 0.0406 e. The molecule has 7 aromatic rings. The number of hydrogen-bond donors (Lipinski definition) is 0. The number of benzene rings is 7. The van der Waals surface area contributed by atoms with E-state index in [-0.39, 0.29) is 0 Å². The first-order valence-electron chi connectivity index (χ1n) is 12.7. The SMILES string of the molecule is Clc1ccc(/C=C/c2cc3cccc4c5cccc6cccc(c(c2/C=C/c2ccc(Cl)cc2)c34)c65)cc1. The van der Waals surface area contributed by atoms with Gasteiger partial charge in [0, 0.05) is 10.0 Å². The zero-order chi connectivity index (χ0) is 25.6. The summed E-state index contributed by atoms with van der Waals surface area (Å²) in [6.45, 7) is 0. The van der Waals surface area contributed by atoms with Gasteiger partial charge in [0.1, 0.15) is 0 Å². The molecule has 0 saturated heterocycles. The first-order chi connectivity index (χ1) is 18.7. The molecule has 0 bridgehead atoms. The van der Waals surface area contributed by atoms with Crippen molar-refractivity contribution in [3.05, 3.63) is 141 Å². The lowest BCUT2D eigenvalue weighted by molar-refractivity contribution is 1.65. The van der Waals surface area contributed by atoms with Crippen molar-refractivity contribution in [1.29, 1.82) is 0 Å². The Bertz CT molecular complexity index is 2010. The standard InChI is InChI=1S/C36H22Cl2/c37-28-17-11-23(12-18-28)10-16-26-22-27-6-3-8-32-31-7-1-4-25-5-2-9-33(34(25)31)36(35(27)32)30(26)21-15-24-13-19-29(38)20-14-24/h1-22H/b16-10+,21-15+. The summed E-state index contributed by atoms with van der Waals surface area (Å²) in [6, 6.07) is 38.1. The van der Waals surface area contributed by atoms with Crippen molar-refractivity contribution in [3.63, 3.8) is 0 Å². The average molecular weight is 525 g/mol. The Morgan fingerprint density at radius 1 is 0.421 bits per heavy atom. The molecule has 0 unspecified atom stereocenters. The van der Waals surface area contributed by atoms with E-state index >= 15 is 0 Å². The molecule has 180 valence electrons. The average Bonchev–Trinajstić information content (AvgIpc) is 2.95. The van der Waals surface area contributed by atoms with E-state index in [1.165, 1.54) is 54.2 Å². The van der Waals surface area contributed by atoms with E-state index < -0.39 is 0 Å². The Hall–Kier alpha value is -4.10. The third-order valence-corrected chi connectivity index (χ3v) is 7.84. The van der Waals surface area contributed by atoms with Crippen molar-refractivity contribution in [2.75, 3.05) is 0 Å². The van der Waals surface area contributed by atoms with Gasteiger partial charge in [-0.15, -0.1) is 0 Å². The van der Waals surface area contributed by atoms with E-state index in [0.29, 0.717) is 0 Å². The fourth-order valence-corrected chi connectivity index (χ4v) is 5.85. The van der Waals surface area contributed by atoms with Gasteiger partial charge in [-0.25, -0.2) is 0 Å². The fourth-order valence-electron chi connectivity index (χ4n) is 5.60. The predicted octanol–water partition coefficient (Wildman–Crippen LogP) is 11.4. The third kappa shape index (κ3) is 3.94. The van der Waals surface area contributed by atoms with Crippen LogP contribution in [0, 0.1) is 0 Å². The van der Waals surface area contributed by atoms with Gasteiger partial charge < -0.3 is 0 Å². The molecule has 7 aromatic carbocycles. The summed E-state index contributed by atoms with van der Waals surface area (Å²) < 4.78 is 0. The summed E-state index contributed by atoms with van der Waals surface area (Å²) in [5, 5.41) is 11.7. The molecule has 38 heavy (non-hydrogen) atoms. The van der Waals surface area contributed by atoms with Gasteiger partial charge in [0.2, 0.25) is 0 Å². The number of rotatable bonds is 4. The molecule has 0 aliphatic rings. The van der Waals surface area contributed by atoms with Crippen molar-refractivity contribution in [2.24, 2.45) is 0 Å². The Balaban J connectivity index is 1.58. The summed E-state index contributed by atoms with van der Waals surface area (Å²) in [7, 11) is 0. The van der Waals surface area contributed by atoms with E-state index in [1.54, 1.807) is 0 Å². The molecule has 7 rings (SSSR count). The Morgan fingerprint density at radius 2 is 0.947 bits per heavy atom. The van der Waals surface area contributed by atoms with Crippen molar-refractivity contribution >= 4 is 90.6 Å². The molecule has 2 heteroatoms. The Kier molecular flexibility index (Phi) is 5.66. The maximum absolute atomic E-state index is 6.15. The van der Waals surface area contributed by atoms with Crippen LogP contribution in [0.2, 0.25) is 10.0 Å². The second-order valence-corrected chi connectivity index (χ2v) is 10.5. The molecule has 0 fully saturated rings. The molecule has 0 N–H and O–H groups in total. The highest BCUT2D eigenvalue weighted by Gasteiger charge is 2.16. The van der Waals surface area contributed by atoms with E-state index in [9.17, 15) is 0 Å². The van der Waals surface area contributed by atoms with Crippen LogP contribution in [0.15, 0.2) is 109 Å². The molecule has 0 aliphatic heterocycles. The van der Waals surface area contributed by atoms with Crippen molar-refractivity contribution in [1.82, 2.24) is 0 Å². The van der Waals surface area contributed by atoms with Crippen LogP contribution in [0.25, 0.3) is 67.4 Å². The summed E-state index contributed by atoms with van der Waals surface area (Å²) >= 11 is 12.3. The number of fused-ring (bicyclic) bond motifs is 2. The second-order valence-electron chi connectivity index (χ2n) is 9.64. The van der Waals surface area contributed by atoms with Gasteiger partial charge in [0.25, 0.3) is 0 Å². The van der Waals surface area contributed by atoms with Gasteiger partial charge in [0.15, 0.2) is 0 Å². The molecule has 0 amide bonds. The molecule has 0 atom stereocenters. The van der Waals surface area contributed by atoms with Crippen LogP contribution in [0.3, 0.4) is 0 Å². The van der Waals surface area contributed by atoms with Gasteiger partial charge in [-0.05, 0) is 95.7 Å². The molecule has 0 nitrogen and oxygen atoms in total. The highest BCUT2D eigenvalue weighted by atomic mass is 35.5. The Morgan fingerprint density at radius 3 is 1.58 bits per heavy atom. The molecule has 0 saturated carbocycles. The van der Waals surface area contributed by atoms with Crippen molar-refractivity contribution < 1.29 is 0 Å². The first kappa shape index (κ1) is 23.0. The predicted molar refractivity (Wildman–Crippen MR) is 168 cm³/mol. The first-order valence-corrected chi connectivity index (χ1v) is 13.4. The van der Waals surface area contributed by atoms with Gasteiger partial charge in [-0.2, -0.15) is 0 Å². The number of halogens is 2. The van der Waals surface area contributed by atoms with Gasteiger partial charge in [0.05, 0.1) is 0 Å². The third-order valence-electron chi connectivity index (χ3n) is 7.34. The molecular weight excluding hydrogens is 503 g/mol. The lowest BCUT2D eigenvalue weighted by atomic mass is 9.85. The molecule has 0 aromatic heterocycles. The molecule has 0 radical (unpaired) electrons. The monoisotopic (exact) mass is 524 g/mol.